The Bertz CT molecular complexity index is 760. The minimum absolute atomic E-state index is 0.0518. The van der Waals surface area contributed by atoms with Crippen molar-refractivity contribution in [3.63, 3.8) is 0 Å². The van der Waals surface area contributed by atoms with Crippen molar-refractivity contribution in [1.29, 1.82) is 0 Å². The first kappa shape index (κ1) is 19.5. The number of rotatable bonds is 8. The Labute approximate surface area is 154 Å². The predicted octanol–water partition coefficient (Wildman–Crippen LogP) is 4.51. The Balaban J connectivity index is 1.92. The molecule has 1 amide bonds. The molecule has 8 heteroatoms. The van der Waals surface area contributed by atoms with Gasteiger partial charge in [0.1, 0.15) is 10.8 Å². The molecule has 5 nitrogen and oxygen atoms in total. The molecule has 1 aromatic carbocycles. The number of nitrogens with one attached hydrogen (secondary N) is 1. The van der Waals surface area contributed by atoms with Gasteiger partial charge in [-0.05, 0) is 31.9 Å². The SMILES string of the molecule is CCC(CC)c1nnc(NC(=O)CSc2ccc(C(C)=O)cc2F)s1. The highest BCUT2D eigenvalue weighted by atomic mass is 32.2. The van der Waals surface area contributed by atoms with Crippen LogP contribution in [0, 0.1) is 5.82 Å². The number of aromatic nitrogens is 2. The van der Waals surface area contributed by atoms with E-state index in [1.807, 2.05) is 0 Å². The monoisotopic (exact) mass is 381 g/mol. The van der Waals surface area contributed by atoms with Crippen molar-refractivity contribution >= 4 is 39.9 Å². The van der Waals surface area contributed by atoms with Crippen LogP contribution in [0.1, 0.15) is 54.9 Å². The van der Waals surface area contributed by atoms with Gasteiger partial charge in [-0.15, -0.1) is 22.0 Å². The lowest BCUT2D eigenvalue weighted by atomic mass is 10.1. The quantitative estimate of drug-likeness (QED) is 0.538. The first-order valence-electron chi connectivity index (χ1n) is 8.01. The molecule has 0 radical (unpaired) electrons. The number of thioether (sulfide) groups is 1. The molecule has 0 atom stereocenters. The van der Waals surface area contributed by atoms with Crippen molar-refractivity contribution < 1.29 is 14.0 Å². The van der Waals surface area contributed by atoms with Gasteiger partial charge in [0.2, 0.25) is 11.0 Å². The molecule has 0 unspecified atom stereocenters. The first-order valence-corrected chi connectivity index (χ1v) is 9.81. The molecule has 0 spiro atoms. The van der Waals surface area contributed by atoms with Crippen LogP contribution in [0.4, 0.5) is 9.52 Å². The molecule has 0 saturated carbocycles. The van der Waals surface area contributed by atoms with E-state index in [1.54, 1.807) is 6.07 Å². The number of amides is 1. The van der Waals surface area contributed by atoms with Gasteiger partial charge in [0.05, 0.1) is 5.75 Å². The fourth-order valence-corrected chi connectivity index (χ4v) is 3.97. The summed E-state index contributed by atoms with van der Waals surface area (Å²) in [5.74, 6) is -0.565. The highest BCUT2D eigenvalue weighted by Gasteiger charge is 2.15. The van der Waals surface area contributed by atoms with Crippen LogP contribution >= 0.6 is 23.1 Å². The summed E-state index contributed by atoms with van der Waals surface area (Å²) in [6.07, 6.45) is 1.95. The zero-order valence-electron chi connectivity index (χ0n) is 14.3. The van der Waals surface area contributed by atoms with Gasteiger partial charge in [0.25, 0.3) is 0 Å². The minimum Gasteiger partial charge on any atom is -0.300 e. The lowest BCUT2D eigenvalue weighted by Crippen LogP contribution is -2.14. The van der Waals surface area contributed by atoms with Gasteiger partial charge in [-0.2, -0.15) is 0 Å². The molecule has 0 aliphatic heterocycles. The summed E-state index contributed by atoms with van der Waals surface area (Å²) in [7, 11) is 0. The summed E-state index contributed by atoms with van der Waals surface area (Å²) >= 11 is 2.45. The van der Waals surface area contributed by atoms with E-state index in [2.05, 4.69) is 29.4 Å². The van der Waals surface area contributed by atoms with Crippen LogP contribution in [0.5, 0.6) is 0 Å². The molecule has 0 saturated heterocycles. The van der Waals surface area contributed by atoms with E-state index in [-0.39, 0.29) is 17.4 Å². The van der Waals surface area contributed by atoms with Crippen molar-refractivity contribution in [2.24, 2.45) is 0 Å². The summed E-state index contributed by atoms with van der Waals surface area (Å²) < 4.78 is 13.9. The third kappa shape index (κ3) is 5.34. The smallest absolute Gasteiger partial charge is 0.236 e. The number of Topliss-reactive ketones (excluding diaryl/α,β-unsaturated/α-hetero) is 1. The van der Waals surface area contributed by atoms with Gasteiger partial charge in [-0.25, -0.2) is 4.39 Å². The Hall–Kier alpha value is -1.80. The summed E-state index contributed by atoms with van der Waals surface area (Å²) in [6, 6.07) is 4.26. The van der Waals surface area contributed by atoms with Crippen LogP contribution in [0.15, 0.2) is 23.1 Å². The van der Waals surface area contributed by atoms with Crippen LogP contribution in [0.25, 0.3) is 0 Å². The van der Waals surface area contributed by atoms with Gasteiger partial charge in [0, 0.05) is 16.4 Å². The molecule has 0 bridgehead atoms. The zero-order chi connectivity index (χ0) is 18.4. The molecular formula is C17H20FN3O2S2. The fourth-order valence-electron chi connectivity index (χ4n) is 2.22. The zero-order valence-corrected chi connectivity index (χ0v) is 16.0. The fraction of sp³-hybridized carbons (Fsp3) is 0.412. The normalized spacial score (nSPS) is 10.9. The number of halogens is 1. The van der Waals surface area contributed by atoms with E-state index in [4.69, 9.17) is 0 Å². The number of benzene rings is 1. The maximum absolute atomic E-state index is 13.9. The van der Waals surface area contributed by atoms with Crippen molar-refractivity contribution in [2.75, 3.05) is 11.1 Å². The number of carbonyl (C=O) groups excluding carboxylic acids is 2. The average Bonchev–Trinajstić information content (AvgIpc) is 3.03. The number of nitrogens with zero attached hydrogens (tertiary/aromatic N) is 2. The first-order chi connectivity index (χ1) is 11.9. The standard InChI is InChI=1S/C17H20FN3O2S2/c1-4-11(5-2)16-20-21-17(25-16)19-15(23)9-24-14-7-6-12(10(3)22)8-13(14)18/h6-8,11H,4-5,9H2,1-3H3,(H,19,21,23). The van der Waals surface area contributed by atoms with E-state index in [9.17, 15) is 14.0 Å². The molecule has 0 fully saturated rings. The maximum atomic E-state index is 13.9. The van der Waals surface area contributed by atoms with Gasteiger partial charge in [0.15, 0.2) is 5.78 Å². The molecular weight excluding hydrogens is 361 g/mol. The highest BCUT2D eigenvalue weighted by molar-refractivity contribution is 8.00. The number of carbonyl (C=O) groups is 2. The maximum Gasteiger partial charge on any atom is 0.236 e. The second kappa shape index (κ2) is 9.05. The number of hydrogen-bond donors (Lipinski definition) is 1. The van der Waals surface area contributed by atoms with Crippen molar-refractivity contribution in [2.45, 2.75) is 44.4 Å². The largest absolute Gasteiger partial charge is 0.300 e. The molecule has 0 aliphatic carbocycles. The summed E-state index contributed by atoms with van der Waals surface area (Å²) in [4.78, 5) is 23.6. The lowest BCUT2D eigenvalue weighted by Gasteiger charge is -2.06. The van der Waals surface area contributed by atoms with Gasteiger partial charge in [-0.3, -0.25) is 14.9 Å². The molecule has 1 heterocycles. The molecule has 2 aromatic rings. The molecule has 1 aromatic heterocycles. The van der Waals surface area contributed by atoms with E-state index in [0.717, 1.165) is 29.6 Å². The third-order valence-electron chi connectivity index (χ3n) is 3.72. The van der Waals surface area contributed by atoms with Gasteiger partial charge < -0.3 is 0 Å². The van der Waals surface area contributed by atoms with E-state index in [1.165, 1.54) is 30.4 Å². The molecule has 0 aliphatic rings. The average molecular weight is 381 g/mol. The van der Waals surface area contributed by atoms with Crippen molar-refractivity contribution in [1.82, 2.24) is 10.2 Å². The van der Waals surface area contributed by atoms with Crippen LogP contribution in [0.2, 0.25) is 0 Å². The van der Waals surface area contributed by atoms with Gasteiger partial charge >= 0.3 is 0 Å². The Kier molecular flexibility index (Phi) is 7.07. The summed E-state index contributed by atoms with van der Waals surface area (Å²) in [5, 5.41) is 12.2. The van der Waals surface area contributed by atoms with Crippen molar-refractivity contribution in [3.05, 3.63) is 34.6 Å². The van der Waals surface area contributed by atoms with Crippen LogP contribution in [-0.2, 0) is 4.79 Å². The third-order valence-corrected chi connectivity index (χ3v) is 5.77. The van der Waals surface area contributed by atoms with Crippen LogP contribution in [0.3, 0.4) is 0 Å². The van der Waals surface area contributed by atoms with Gasteiger partial charge in [-0.1, -0.05) is 31.3 Å². The van der Waals surface area contributed by atoms with E-state index in [0.29, 0.717) is 21.5 Å². The molecule has 1 N–H and O–H groups in total. The second-order valence-electron chi connectivity index (χ2n) is 5.50. The number of hydrogen-bond acceptors (Lipinski definition) is 6. The number of ketones is 1. The van der Waals surface area contributed by atoms with Crippen LogP contribution < -0.4 is 5.32 Å². The Morgan fingerprint density at radius 2 is 2.00 bits per heavy atom. The summed E-state index contributed by atoms with van der Waals surface area (Å²) in [5.41, 5.74) is 0.314. The Morgan fingerprint density at radius 3 is 2.60 bits per heavy atom. The molecule has 134 valence electrons. The predicted molar refractivity (Wildman–Crippen MR) is 99.0 cm³/mol. The van der Waals surface area contributed by atoms with E-state index < -0.39 is 5.82 Å². The molecule has 2 rings (SSSR count). The number of anilines is 1. The molecule has 25 heavy (non-hydrogen) atoms. The lowest BCUT2D eigenvalue weighted by molar-refractivity contribution is -0.113. The Morgan fingerprint density at radius 1 is 1.28 bits per heavy atom. The second-order valence-corrected chi connectivity index (χ2v) is 7.52. The van der Waals surface area contributed by atoms with E-state index >= 15 is 0 Å². The topological polar surface area (TPSA) is 72.0 Å². The minimum atomic E-state index is -0.502. The highest BCUT2D eigenvalue weighted by Crippen LogP contribution is 2.28. The van der Waals surface area contributed by atoms with Crippen LogP contribution in [-0.4, -0.2) is 27.6 Å². The summed E-state index contributed by atoms with van der Waals surface area (Å²) in [6.45, 7) is 5.57. The van der Waals surface area contributed by atoms with Crippen molar-refractivity contribution in [3.8, 4) is 0 Å².